The Kier molecular flexibility index (Phi) is 2.90. The van der Waals surface area contributed by atoms with E-state index in [1.54, 1.807) is 6.21 Å². The number of rotatable bonds is 2. The molecule has 2 heterocycles. The molecular formula is C12H16N2O2. The van der Waals surface area contributed by atoms with Gasteiger partial charge in [-0.1, -0.05) is 13.0 Å². The van der Waals surface area contributed by atoms with Gasteiger partial charge >= 0.3 is 0 Å². The molecule has 0 aromatic carbocycles. The molecule has 0 aromatic rings. The predicted octanol–water partition coefficient (Wildman–Crippen LogP) is 1.08. The van der Waals surface area contributed by atoms with Gasteiger partial charge in [0, 0.05) is 30.5 Å². The van der Waals surface area contributed by atoms with Gasteiger partial charge in [-0.15, -0.1) is 0 Å². The average molecular weight is 220 g/mol. The zero-order valence-corrected chi connectivity index (χ0v) is 9.40. The van der Waals surface area contributed by atoms with Gasteiger partial charge in [-0.2, -0.15) is 0 Å². The summed E-state index contributed by atoms with van der Waals surface area (Å²) >= 11 is 0. The number of carbonyl (C=O) groups excluding carboxylic acids is 2. The van der Waals surface area contributed by atoms with E-state index in [0.717, 1.165) is 6.42 Å². The Labute approximate surface area is 94.8 Å². The number of imide groups is 1. The maximum absolute atomic E-state index is 11.9. The van der Waals surface area contributed by atoms with E-state index < -0.39 is 0 Å². The van der Waals surface area contributed by atoms with Crippen LogP contribution >= 0.6 is 0 Å². The summed E-state index contributed by atoms with van der Waals surface area (Å²) in [6.07, 6.45) is 7.68. The molecule has 0 saturated carbocycles. The lowest BCUT2D eigenvalue weighted by molar-refractivity contribution is -0.139. The molecule has 2 aliphatic heterocycles. The normalized spacial score (nSPS) is 33.9. The van der Waals surface area contributed by atoms with Gasteiger partial charge in [0.25, 0.3) is 0 Å². The minimum absolute atomic E-state index is 0.121. The van der Waals surface area contributed by atoms with Crippen LogP contribution in [0.3, 0.4) is 0 Å². The summed E-state index contributed by atoms with van der Waals surface area (Å²) in [6, 6.07) is 0. The van der Waals surface area contributed by atoms with Crippen molar-refractivity contribution >= 4 is 18.0 Å². The molecule has 0 radical (unpaired) electrons. The number of hydrogen-bond donors (Lipinski definition) is 1. The Balaban J connectivity index is 2.21. The minimum Gasteiger partial charge on any atom is -0.296 e. The number of aliphatic imine (C=N–C) groups is 1. The van der Waals surface area contributed by atoms with E-state index in [1.165, 1.54) is 0 Å². The first-order valence-electron chi connectivity index (χ1n) is 5.69. The second-order valence-electron chi connectivity index (χ2n) is 4.44. The van der Waals surface area contributed by atoms with Crippen LogP contribution in [-0.2, 0) is 9.59 Å². The summed E-state index contributed by atoms with van der Waals surface area (Å²) in [6.45, 7) is 2.71. The molecule has 1 saturated heterocycles. The second-order valence-corrected chi connectivity index (χ2v) is 4.44. The van der Waals surface area contributed by atoms with Crippen LogP contribution in [0.15, 0.2) is 17.1 Å². The minimum atomic E-state index is -0.195. The number of amides is 2. The van der Waals surface area contributed by atoms with E-state index >= 15 is 0 Å². The average Bonchev–Trinajstić information content (AvgIpc) is 2.30. The molecule has 86 valence electrons. The third-order valence-corrected chi connectivity index (χ3v) is 3.60. The highest BCUT2D eigenvalue weighted by atomic mass is 16.2. The van der Waals surface area contributed by atoms with Crippen LogP contribution in [0.25, 0.3) is 0 Å². The van der Waals surface area contributed by atoms with Crippen molar-refractivity contribution in [2.45, 2.75) is 26.2 Å². The fourth-order valence-corrected chi connectivity index (χ4v) is 2.52. The van der Waals surface area contributed by atoms with E-state index in [1.807, 2.05) is 6.08 Å². The van der Waals surface area contributed by atoms with Crippen molar-refractivity contribution in [2.24, 2.45) is 16.3 Å². The van der Waals surface area contributed by atoms with E-state index in [9.17, 15) is 9.59 Å². The lowest BCUT2D eigenvalue weighted by Gasteiger charge is -2.38. The largest absolute Gasteiger partial charge is 0.296 e. The number of nitrogens with one attached hydrogen (secondary N) is 1. The first kappa shape index (κ1) is 11.0. The molecule has 2 amide bonds. The number of nitrogens with zero attached hydrogens (tertiary/aromatic N) is 1. The number of carbonyl (C=O) groups is 2. The second kappa shape index (κ2) is 4.20. The Morgan fingerprint density at radius 1 is 1.56 bits per heavy atom. The van der Waals surface area contributed by atoms with Crippen LogP contribution < -0.4 is 5.32 Å². The van der Waals surface area contributed by atoms with Gasteiger partial charge in [0.1, 0.15) is 0 Å². The molecule has 4 heteroatoms. The third kappa shape index (κ3) is 1.79. The van der Waals surface area contributed by atoms with Crippen LogP contribution in [0, 0.1) is 11.3 Å². The molecule has 0 aromatic heterocycles. The molecule has 2 aliphatic rings. The lowest BCUT2D eigenvalue weighted by Crippen LogP contribution is -2.49. The highest BCUT2D eigenvalue weighted by Crippen LogP contribution is 2.39. The van der Waals surface area contributed by atoms with E-state index in [-0.39, 0.29) is 23.1 Å². The van der Waals surface area contributed by atoms with Gasteiger partial charge in [-0.05, 0) is 18.9 Å². The molecule has 4 nitrogen and oxygen atoms in total. The van der Waals surface area contributed by atoms with Crippen LogP contribution in [0.2, 0.25) is 0 Å². The maximum atomic E-state index is 11.9. The van der Waals surface area contributed by atoms with Crippen molar-refractivity contribution in [2.75, 3.05) is 6.54 Å². The van der Waals surface area contributed by atoms with Crippen molar-refractivity contribution in [1.29, 1.82) is 0 Å². The molecule has 1 N–H and O–H groups in total. The van der Waals surface area contributed by atoms with Crippen molar-refractivity contribution in [3.8, 4) is 0 Å². The van der Waals surface area contributed by atoms with Crippen molar-refractivity contribution in [3.05, 3.63) is 12.2 Å². The Hall–Kier alpha value is -1.45. The lowest BCUT2D eigenvalue weighted by atomic mass is 9.69. The summed E-state index contributed by atoms with van der Waals surface area (Å²) < 4.78 is 0. The molecule has 16 heavy (non-hydrogen) atoms. The van der Waals surface area contributed by atoms with Crippen LogP contribution in [0.1, 0.15) is 26.2 Å². The van der Waals surface area contributed by atoms with Crippen molar-refractivity contribution in [3.63, 3.8) is 0 Å². The molecule has 2 atom stereocenters. The highest BCUT2D eigenvalue weighted by molar-refractivity contribution is 5.99. The van der Waals surface area contributed by atoms with Gasteiger partial charge in [-0.3, -0.25) is 19.9 Å². The van der Waals surface area contributed by atoms with Crippen molar-refractivity contribution in [1.82, 2.24) is 5.32 Å². The number of dihydropyridines is 1. The Bertz CT molecular complexity index is 373. The SMILES string of the molecule is CCC1(C2CCC(=O)NC2=O)C=CC=NC1. The smallest absolute Gasteiger partial charge is 0.230 e. The molecule has 0 aliphatic carbocycles. The van der Waals surface area contributed by atoms with Gasteiger partial charge in [0.15, 0.2) is 0 Å². The zero-order chi connectivity index (χ0) is 11.6. The third-order valence-electron chi connectivity index (χ3n) is 3.60. The van der Waals surface area contributed by atoms with Crippen LogP contribution in [0.5, 0.6) is 0 Å². The van der Waals surface area contributed by atoms with E-state index in [0.29, 0.717) is 19.4 Å². The van der Waals surface area contributed by atoms with E-state index in [4.69, 9.17) is 0 Å². The predicted molar refractivity (Wildman–Crippen MR) is 61.1 cm³/mol. The van der Waals surface area contributed by atoms with Crippen LogP contribution in [0.4, 0.5) is 0 Å². The number of hydrogen-bond acceptors (Lipinski definition) is 3. The van der Waals surface area contributed by atoms with Crippen LogP contribution in [-0.4, -0.2) is 24.6 Å². The van der Waals surface area contributed by atoms with E-state index in [2.05, 4.69) is 23.3 Å². The fraction of sp³-hybridized carbons (Fsp3) is 0.583. The molecule has 2 unspecified atom stereocenters. The van der Waals surface area contributed by atoms with Gasteiger partial charge in [-0.25, -0.2) is 0 Å². The van der Waals surface area contributed by atoms with Crippen molar-refractivity contribution < 1.29 is 9.59 Å². The summed E-state index contributed by atoms with van der Waals surface area (Å²) in [5.74, 6) is -0.417. The summed E-state index contributed by atoms with van der Waals surface area (Å²) in [5.41, 5.74) is -0.195. The summed E-state index contributed by atoms with van der Waals surface area (Å²) in [5, 5.41) is 2.42. The number of allylic oxidation sites excluding steroid dienone is 1. The fourth-order valence-electron chi connectivity index (χ4n) is 2.52. The first-order chi connectivity index (χ1) is 7.68. The molecule has 0 bridgehead atoms. The topological polar surface area (TPSA) is 58.5 Å². The maximum Gasteiger partial charge on any atom is 0.230 e. The summed E-state index contributed by atoms with van der Waals surface area (Å²) in [7, 11) is 0. The monoisotopic (exact) mass is 220 g/mol. The Morgan fingerprint density at radius 2 is 2.38 bits per heavy atom. The molecular weight excluding hydrogens is 204 g/mol. The first-order valence-corrected chi connectivity index (χ1v) is 5.69. The number of piperidine rings is 1. The molecule has 0 spiro atoms. The standard InChI is InChI=1S/C12H16N2O2/c1-2-12(6-3-7-13-8-12)9-4-5-10(15)14-11(9)16/h3,6-7,9H,2,4-5,8H2,1H3,(H,14,15,16). The zero-order valence-electron chi connectivity index (χ0n) is 9.40. The molecule has 2 rings (SSSR count). The highest BCUT2D eigenvalue weighted by Gasteiger charge is 2.42. The quantitative estimate of drug-likeness (QED) is 0.708. The van der Waals surface area contributed by atoms with Gasteiger partial charge < -0.3 is 0 Å². The molecule has 1 fully saturated rings. The summed E-state index contributed by atoms with van der Waals surface area (Å²) in [4.78, 5) is 27.2. The van der Waals surface area contributed by atoms with Gasteiger partial charge in [0.2, 0.25) is 11.8 Å². The van der Waals surface area contributed by atoms with Gasteiger partial charge in [0.05, 0.1) is 0 Å². The Morgan fingerprint density at radius 3 is 2.94 bits per heavy atom.